The van der Waals surface area contributed by atoms with E-state index in [1.165, 1.54) is 0 Å². The zero-order chi connectivity index (χ0) is 27.2. The lowest BCUT2D eigenvalue weighted by molar-refractivity contribution is -0.231. The van der Waals surface area contributed by atoms with E-state index in [-0.39, 0.29) is 25.3 Å². The summed E-state index contributed by atoms with van der Waals surface area (Å²) in [5.74, 6) is -3.78. The van der Waals surface area contributed by atoms with Crippen LogP contribution in [-0.4, -0.2) is 58.4 Å². The quantitative estimate of drug-likeness (QED) is 0.551. The Morgan fingerprint density at radius 2 is 1.76 bits per heavy atom. The number of carbonyl (C=O) groups excluding carboxylic acids is 1. The number of methoxy groups -OCH3 is 2. The molecule has 0 radical (unpaired) electrons. The lowest BCUT2D eigenvalue weighted by atomic mass is 9.58. The normalized spacial score (nSPS) is 22.6. The van der Waals surface area contributed by atoms with E-state index in [2.05, 4.69) is 10.2 Å². The monoisotopic (exact) mass is 521 g/mol. The number of hydrogen-bond donors (Lipinski definition) is 1. The van der Waals surface area contributed by atoms with Crippen molar-refractivity contribution in [1.82, 2.24) is 15.1 Å². The fourth-order valence-electron chi connectivity index (χ4n) is 6.57. The first-order valence-corrected chi connectivity index (χ1v) is 12.6. The van der Waals surface area contributed by atoms with E-state index in [0.717, 1.165) is 10.5 Å². The molecule has 2 aromatic rings. The maximum Gasteiger partial charge on any atom is 0.352 e. The molecule has 1 atom stereocenters. The minimum atomic E-state index is -3.95. The zero-order valence-electron chi connectivity index (χ0n) is 22.4. The van der Waals surface area contributed by atoms with Crippen molar-refractivity contribution in [3.63, 3.8) is 0 Å². The minimum Gasteiger partial charge on any atom is -0.493 e. The van der Waals surface area contributed by atoms with Crippen LogP contribution in [-0.2, 0) is 11.2 Å². The van der Waals surface area contributed by atoms with Crippen molar-refractivity contribution >= 4 is 5.91 Å². The first kappa shape index (κ1) is 27.3. The third-order valence-electron chi connectivity index (χ3n) is 7.44. The predicted molar refractivity (Wildman–Crippen MR) is 132 cm³/mol. The molecule has 1 amide bonds. The molecule has 0 bridgehead atoms. The fourth-order valence-corrected chi connectivity index (χ4v) is 6.57. The van der Waals surface area contributed by atoms with Crippen molar-refractivity contribution in [2.45, 2.75) is 83.8 Å². The van der Waals surface area contributed by atoms with E-state index in [9.17, 15) is 9.90 Å². The SMILES string of the molecule is COc1ccc(Cc2nnc([C@@H]3CCCN3C(=O)C(F)(F)C3(O)CC(C)(C)CC(C)(C)C3)o2)cc1OC. The molecule has 1 aromatic heterocycles. The van der Waals surface area contributed by atoms with E-state index in [1.807, 2.05) is 33.8 Å². The van der Waals surface area contributed by atoms with Crippen LogP contribution in [0.5, 0.6) is 11.5 Å². The van der Waals surface area contributed by atoms with Crippen molar-refractivity contribution in [1.29, 1.82) is 0 Å². The summed E-state index contributed by atoms with van der Waals surface area (Å²) in [6.45, 7) is 7.56. The van der Waals surface area contributed by atoms with E-state index >= 15 is 8.78 Å². The van der Waals surface area contributed by atoms with Crippen LogP contribution in [0.2, 0.25) is 0 Å². The highest BCUT2D eigenvalue weighted by Crippen LogP contribution is 2.55. The van der Waals surface area contributed by atoms with Crippen LogP contribution in [0, 0.1) is 10.8 Å². The largest absolute Gasteiger partial charge is 0.493 e. The molecule has 204 valence electrons. The van der Waals surface area contributed by atoms with Crippen LogP contribution in [0.15, 0.2) is 22.6 Å². The molecule has 4 rings (SSSR count). The predicted octanol–water partition coefficient (Wildman–Crippen LogP) is 4.94. The molecular formula is C27H37F2N3O5. The van der Waals surface area contributed by atoms with Crippen LogP contribution >= 0.6 is 0 Å². The van der Waals surface area contributed by atoms with Crippen LogP contribution in [0.3, 0.4) is 0 Å². The number of aliphatic hydroxyl groups is 1. The van der Waals surface area contributed by atoms with Gasteiger partial charge >= 0.3 is 5.92 Å². The second-order valence-electron chi connectivity index (χ2n) is 12.0. The lowest BCUT2D eigenvalue weighted by Crippen LogP contribution is -2.62. The topological polar surface area (TPSA) is 97.9 Å². The van der Waals surface area contributed by atoms with Gasteiger partial charge in [0.05, 0.1) is 20.6 Å². The van der Waals surface area contributed by atoms with Crippen LogP contribution < -0.4 is 9.47 Å². The number of ether oxygens (including phenoxy) is 2. The molecule has 1 saturated carbocycles. The number of rotatable bonds is 7. The average molecular weight is 522 g/mol. The van der Waals surface area contributed by atoms with Gasteiger partial charge < -0.3 is 23.9 Å². The molecule has 1 aliphatic heterocycles. The smallest absolute Gasteiger partial charge is 0.352 e. The number of alkyl halides is 2. The maximum atomic E-state index is 15.8. The Bertz CT molecular complexity index is 1130. The average Bonchev–Trinajstić information content (AvgIpc) is 3.45. The summed E-state index contributed by atoms with van der Waals surface area (Å²) in [7, 11) is 3.09. The Labute approximate surface area is 216 Å². The van der Waals surface area contributed by atoms with Crippen molar-refractivity contribution in [2.24, 2.45) is 10.8 Å². The summed E-state index contributed by atoms with van der Waals surface area (Å²) in [5.41, 5.74) is -2.66. The Hall–Kier alpha value is -2.75. The van der Waals surface area contributed by atoms with Gasteiger partial charge in [0.25, 0.3) is 5.91 Å². The van der Waals surface area contributed by atoms with Crippen molar-refractivity contribution in [3.8, 4) is 11.5 Å². The number of carbonyl (C=O) groups is 1. The molecule has 1 N–H and O–H groups in total. The van der Waals surface area contributed by atoms with Gasteiger partial charge in [-0.2, -0.15) is 8.78 Å². The highest BCUT2D eigenvalue weighted by Gasteiger charge is 2.65. The van der Waals surface area contributed by atoms with Gasteiger partial charge in [-0.3, -0.25) is 4.79 Å². The molecular weight excluding hydrogens is 484 g/mol. The standard InChI is InChI=1S/C27H37F2N3O5/c1-24(2)14-25(3,4)16-26(34,15-24)27(28,29)23(33)32-11-7-8-18(32)22-31-30-21(37-22)13-17-9-10-19(35-5)20(12-17)36-6/h9-10,12,18,34H,7-8,11,13-16H2,1-6H3/t18-/m0/s1. The summed E-state index contributed by atoms with van der Waals surface area (Å²) in [6.07, 6.45) is 1.62. The summed E-state index contributed by atoms with van der Waals surface area (Å²) in [6, 6.07) is 4.63. The van der Waals surface area contributed by atoms with Crippen molar-refractivity contribution in [2.75, 3.05) is 20.8 Å². The number of hydrogen-bond acceptors (Lipinski definition) is 7. The van der Waals surface area contributed by atoms with Gasteiger partial charge in [-0.15, -0.1) is 10.2 Å². The Morgan fingerprint density at radius 3 is 2.38 bits per heavy atom. The maximum absolute atomic E-state index is 15.8. The van der Waals surface area contributed by atoms with Gasteiger partial charge in [0.15, 0.2) is 11.5 Å². The molecule has 0 unspecified atom stereocenters. The molecule has 2 aliphatic rings. The van der Waals surface area contributed by atoms with Gasteiger partial charge in [-0.05, 0) is 60.6 Å². The number of halogens is 2. The third-order valence-corrected chi connectivity index (χ3v) is 7.44. The summed E-state index contributed by atoms with van der Waals surface area (Å²) in [5, 5.41) is 19.4. The lowest BCUT2D eigenvalue weighted by Gasteiger charge is -2.51. The number of nitrogens with zero attached hydrogens (tertiary/aromatic N) is 3. The van der Waals surface area contributed by atoms with Gasteiger partial charge in [0.1, 0.15) is 11.6 Å². The van der Waals surface area contributed by atoms with Crippen LogP contribution in [0.25, 0.3) is 0 Å². The molecule has 1 aromatic carbocycles. The molecule has 2 fully saturated rings. The number of benzene rings is 1. The molecule has 1 aliphatic carbocycles. The first-order chi connectivity index (χ1) is 17.2. The highest BCUT2D eigenvalue weighted by atomic mass is 19.3. The summed E-state index contributed by atoms with van der Waals surface area (Å²) < 4.78 is 48.0. The Kier molecular flexibility index (Phi) is 7.03. The van der Waals surface area contributed by atoms with Gasteiger partial charge in [0.2, 0.25) is 11.8 Å². The minimum absolute atomic E-state index is 0.119. The van der Waals surface area contributed by atoms with Gasteiger partial charge in [-0.25, -0.2) is 0 Å². The first-order valence-electron chi connectivity index (χ1n) is 12.6. The molecule has 2 heterocycles. The zero-order valence-corrected chi connectivity index (χ0v) is 22.4. The van der Waals surface area contributed by atoms with E-state index in [0.29, 0.717) is 43.1 Å². The summed E-state index contributed by atoms with van der Waals surface area (Å²) in [4.78, 5) is 14.4. The number of amides is 1. The Morgan fingerprint density at radius 1 is 1.11 bits per heavy atom. The van der Waals surface area contributed by atoms with E-state index < -0.39 is 34.3 Å². The second kappa shape index (κ2) is 9.53. The van der Waals surface area contributed by atoms with Crippen molar-refractivity contribution < 1.29 is 32.6 Å². The fraction of sp³-hybridized carbons (Fsp3) is 0.667. The van der Waals surface area contributed by atoms with E-state index in [1.54, 1.807) is 26.4 Å². The van der Waals surface area contributed by atoms with E-state index in [4.69, 9.17) is 13.9 Å². The second-order valence-corrected chi connectivity index (χ2v) is 12.0. The molecule has 1 saturated heterocycles. The molecule has 37 heavy (non-hydrogen) atoms. The van der Waals surface area contributed by atoms with Gasteiger partial charge in [-0.1, -0.05) is 33.8 Å². The molecule has 0 spiro atoms. The van der Waals surface area contributed by atoms with Crippen LogP contribution in [0.4, 0.5) is 8.78 Å². The van der Waals surface area contributed by atoms with Gasteiger partial charge in [0, 0.05) is 6.54 Å². The molecule has 10 heteroatoms. The third kappa shape index (κ3) is 5.30. The number of likely N-dealkylation sites (tertiary alicyclic amines) is 1. The molecule has 8 nitrogen and oxygen atoms in total. The Balaban J connectivity index is 1.53. The number of aromatic nitrogens is 2. The highest BCUT2D eigenvalue weighted by molar-refractivity contribution is 5.85. The summed E-state index contributed by atoms with van der Waals surface area (Å²) >= 11 is 0. The van der Waals surface area contributed by atoms with Crippen molar-refractivity contribution in [3.05, 3.63) is 35.5 Å². The van der Waals surface area contributed by atoms with Crippen LogP contribution in [0.1, 0.15) is 83.2 Å².